The van der Waals surface area contributed by atoms with Crippen LogP contribution in [0.2, 0.25) is 0 Å². The fourth-order valence-electron chi connectivity index (χ4n) is 0.752. The van der Waals surface area contributed by atoms with E-state index in [2.05, 4.69) is 20.7 Å². The van der Waals surface area contributed by atoms with Crippen molar-refractivity contribution in [3.63, 3.8) is 0 Å². The second kappa shape index (κ2) is 4.69. The van der Waals surface area contributed by atoms with E-state index in [0.29, 0.717) is 3.57 Å². The Kier molecular flexibility index (Phi) is 4.05. The van der Waals surface area contributed by atoms with Crippen LogP contribution in [0.5, 0.6) is 5.75 Å². The Bertz CT molecular complexity index is 327. The number of hydrogen-bond acceptors (Lipinski definition) is 1. The van der Waals surface area contributed by atoms with Crippen LogP contribution in [0.15, 0.2) is 22.7 Å². The molecule has 0 fully saturated rings. The van der Waals surface area contributed by atoms with Crippen LogP contribution in [0.1, 0.15) is 0 Å². The first-order valence-electron chi connectivity index (χ1n) is 3.53. The van der Waals surface area contributed by atoms with Gasteiger partial charge in [0.2, 0.25) is 0 Å². The van der Waals surface area contributed by atoms with Crippen LogP contribution in [0, 0.1) is 3.57 Å². The molecule has 78 valence electrons. The van der Waals surface area contributed by atoms with Gasteiger partial charge in [-0.2, -0.15) is 13.2 Å². The maximum absolute atomic E-state index is 11.8. The molecular formula is C8H5BrF3IO. The molecule has 0 aliphatic rings. The number of hydrogen-bond donors (Lipinski definition) is 0. The van der Waals surface area contributed by atoms with E-state index in [1.807, 2.05) is 22.6 Å². The molecular weight excluding hydrogens is 376 g/mol. The second-order valence-electron chi connectivity index (χ2n) is 2.48. The molecule has 0 heterocycles. The molecule has 1 aromatic rings. The zero-order valence-electron chi connectivity index (χ0n) is 6.74. The van der Waals surface area contributed by atoms with Gasteiger partial charge >= 0.3 is 6.18 Å². The van der Waals surface area contributed by atoms with Crippen LogP contribution in [0.25, 0.3) is 0 Å². The lowest BCUT2D eigenvalue weighted by Gasteiger charge is -2.10. The van der Waals surface area contributed by atoms with Crippen molar-refractivity contribution in [2.45, 2.75) is 6.18 Å². The highest BCUT2D eigenvalue weighted by Crippen LogP contribution is 2.26. The maximum Gasteiger partial charge on any atom is 0.422 e. The van der Waals surface area contributed by atoms with Crippen LogP contribution in [0.4, 0.5) is 13.2 Å². The van der Waals surface area contributed by atoms with E-state index >= 15 is 0 Å². The van der Waals surface area contributed by atoms with E-state index in [1.54, 1.807) is 12.1 Å². The van der Waals surface area contributed by atoms with Gasteiger partial charge in [-0.05, 0) is 40.8 Å². The third-order valence-corrected chi connectivity index (χ3v) is 2.62. The molecule has 0 N–H and O–H groups in total. The van der Waals surface area contributed by atoms with Gasteiger partial charge < -0.3 is 4.74 Å². The molecule has 0 spiro atoms. The first-order valence-corrected chi connectivity index (χ1v) is 5.40. The third kappa shape index (κ3) is 4.04. The Morgan fingerprint density at radius 3 is 2.50 bits per heavy atom. The third-order valence-electron chi connectivity index (χ3n) is 1.29. The summed E-state index contributed by atoms with van der Waals surface area (Å²) in [6, 6.07) is 4.82. The average molecular weight is 381 g/mol. The van der Waals surface area contributed by atoms with Crippen molar-refractivity contribution in [2.75, 3.05) is 6.61 Å². The quantitative estimate of drug-likeness (QED) is 0.705. The fraction of sp³-hybridized carbons (Fsp3) is 0.250. The molecule has 1 nitrogen and oxygen atoms in total. The number of halogens is 5. The Morgan fingerprint density at radius 1 is 1.36 bits per heavy atom. The van der Waals surface area contributed by atoms with Gasteiger partial charge in [-0.15, -0.1) is 0 Å². The number of alkyl halides is 3. The van der Waals surface area contributed by atoms with Crippen molar-refractivity contribution in [2.24, 2.45) is 0 Å². The van der Waals surface area contributed by atoms with Crippen molar-refractivity contribution in [1.29, 1.82) is 0 Å². The van der Waals surface area contributed by atoms with Crippen molar-refractivity contribution in [3.05, 3.63) is 26.2 Å². The van der Waals surface area contributed by atoms with Gasteiger partial charge in [0.15, 0.2) is 6.61 Å². The largest absolute Gasteiger partial charge is 0.483 e. The number of benzene rings is 1. The van der Waals surface area contributed by atoms with Gasteiger partial charge in [-0.3, -0.25) is 0 Å². The topological polar surface area (TPSA) is 9.23 Å². The molecule has 0 aromatic heterocycles. The van der Waals surface area contributed by atoms with Crippen molar-refractivity contribution in [1.82, 2.24) is 0 Å². The maximum atomic E-state index is 11.8. The predicted molar refractivity (Wildman–Crippen MR) is 58.4 cm³/mol. The summed E-state index contributed by atoms with van der Waals surface area (Å²) in [5.41, 5.74) is 0. The van der Waals surface area contributed by atoms with Gasteiger partial charge in [0.25, 0.3) is 0 Å². The number of ether oxygens (including phenoxy) is 1. The zero-order chi connectivity index (χ0) is 10.8. The van der Waals surface area contributed by atoms with E-state index in [4.69, 9.17) is 0 Å². The van der Waals surface area contributed by atoms with Crippen LogP contribution >= 0.6 is 38.5 Å². The molecule has 14 heavy (non-hydrogen) atoms. The van der Waals surface area contributed by atoms with E-state index in [-0.39, 0.29) is 5.75 Å². The summed E-state index contributed by atoms with van der Waals surface area (Å²) in [4.78, 5) is 0. The van der Waals surface area contributed by atoms with Crippen molar-refractivity contribution < 1.29 is 17.9 Å². The molecule has 0 amide bonds. The van der Waals surface area contributed by atoms with Crippen LogP contribution in [-0.4, -0.2) is 12.8 Å². The molecule has 0 saturated heterocycles. The summed E-state index contributed by atoms with van der Waals surface area (Å²) in [5.74, 6) is 0.242. The Morgan fingerprint density at radius 2 is 2.00 bits per heavy atom. The Labute approximate surface area is 101 Å². The van der Waals surface area contributed by atoms with Gasteiger partial charge in [0.05, 0.1) is 3.57 Å². The molecule has 1 rings (SSSR count). The Hall–Kier alpha value is 0.0200. The Balaban J connectivity index is 2.68. The summed E-state index contributed by atoms with van der Waals surface area (Å²) in [6.07, 6.45) is -4.30. The highest BCUT2D eigenvalue weighted by atomic mass is 127. The van der Waals surface area contributed by atoms with Crippen LogP contribution in [-0.2, 0) is 0 Å². The smallest absolute Gasteiger partial charge is 0.422 e. The normalized spacial score (nSPS) is 11.5. The first kappa shape index (κ1) is 12.1. The molecule has 1 aromatic carbocycles. The SMILES string of the molecule is FC(F)(F)COc1ccc(Br)cc1I. The van der Waals surface area contributed by atoms with E-state index in [1.165, 1.54) is 6.07 Å². The van der Waals surface area contributed by atoms with E-state index < -0.39 is 12.8 Å². The molecule has 0 aliphatic heterocycles. The monoisotopic (exact) mass is 380 g/mol. The molecule has 0 atom stereocenters. The van der Waals surface area contributed by atoms with E-state index in [9.17, 15) is 13.2 Å². The summed E-state index contributed by atoms with van der Waals surface area (Å²) in [7, 11) is 0. The molecule has 0 saturated carbocycles. The van der Waals surface area contributed by atoms with Crippen molar-refractivity contribution >= 4 is 38.5 Å². The van der Waals surface area contributed by atoms with Gasteiger partial charge in [-0.25, -0.2) is 0 Å². The second-order valence-corrected chi connectivity index (χ2v) is 4.56. The van der Waals surface area contributed by atoms with Crippen LogP contribution in [0.3, 0.4) is 0 Å². The molecule has 0 aliphatic carbocycles. The molecule has 6 heteroatoms. The fourth-order valence-corrected chi connectivity index (χ4v) is 2.21. The lowest BCUT2D eigenvalue weighted by Crippen LogP contribution is -2.19. The lowest BCUT2D eigenvalue weighted by molar-refractivity contribution is -0.153. The molecule has 0 bridgehead atoms. The number of rotatable bonds is 2. The summed E-state index contributed by atoms with van der Waals surface area (Å²) >= 11 is 5.12. The first-order chi connectivity index (χ1) is 6.38. The van der Waals surface area contributed by atoms with Gasteiger partial charge in [0, 0.05) is 4.47 Å². The molecule has 0 radical (unpaired) electrons. The van der Waals surface area contributed by atoms with E-state index in [0.717, 1.165) is 4.47 Å². The minimum Gasteiger partial charge on any atom is -0.483 e. The zero-order valence-corrected chi connectivity index (χ0v) is 10.5. The van der Waals surface area contributed by atoms with Gasteiger partial charge in [-0.1, -0.05) is 15.9 Å². The minimum absolute atomic E-state index is 0.242. The average Bonchev–Trinajstić information content (AvgIpc) is 2.00. The van der Waals surface area contributed by atoms with Crippen LogP contribution < -0.4 is 4.74 Å². The van der Waals surface area contributed by atoms with Gasteiger partial charge in [0.1, 0.15) is 5.75 Å². The van der Waals surface area contributed by atoms with Crippen molar-refractivity contribution in [3.8, 4) is 5.75 Å². The highest BCUT2D eigenvalue weighted by Gasteiger charge is 2.28. The molecule has 0 unspecified atom stereocenters. The summed E-state index contributed by atoms with van der Waals surface area (Å²) < 4.78 is 41.5. The summed E-state index contributed by atoms with van der Waals surface area (Å²) in [5, 5.41) is 0. The highest BCUT2D eigenvalue weighted by molar-refractivity contribution is 14.1. The summed E-state index contributed by atoms with van der Waals surface area (Å²) in [6.45, 7) is -1.26. The lowest BCUT2D eigenvalue weighted by atomic mass is 10.3. The standard InChI is InChI=1S/C8H5BrF3IO/c9-5-1-2-7(6(13)3-5)14-4-8(10,11)12/h1-3H,4H2. The minimum atomic E-state index is -4.30. The predicted octanol–water partition coefficient (Wildman–Crippen LogP) is 3.99.